The van der Waals surface area contributed by atoms with Gasteiger partial charge in [0, 0.05) is 41.2 Å². The van der Waals surface area contributed by atoms with Crippen LogP contribution in [0.15, 0.2) is 59.9 Å². The molecule has 4 rings (SSSR count). The number of rotatable bonds is 7. The molecule has 1 amide bonds. The number of benzene rings is 2. The minimum atomic E-state index is -0.595. The van der Waals surface area contributed by atoms with Gasteiger partial charge in [0.2, 0.25) is 0 Å². The van der Waals surface area contributed by atoms with Gasteiger partial charge < -0.3 is 15.2 Å². The van der Waals surface area contributed by atoms with Crippen LogP contribution in [-0.4, -0.2) is 34.4 Å². The number of aliphatic hydroxyl groups excluding tert-OH is 1. The minimum Gasteiger partial charge on any atom is -0.486 e. The highest BCUT2D eigenvalue weighted by Crippen LogP contribution is 2.34. The van der Waals surface area contributed by atoms with E-state index in [0.717, 1.165) is 22.4 Å². The zero-order valence-corrected chi connectivity index (χ0v) is 19.7. The Morgan fingerprint density at radius 2 is 1.82 bits per heavy atom. The highest BCUT2D eigenvalue weighted by Gasteiger charge is 2.21. The molecule has 0 saturated carbocycles. The quantitative estimate of drug-likeness (QED) is 0.495. The lowest BCUT2D eigenvalue weighted by atomic mass is 9.99. The molecule has 1 aliphatic rings. The Balaban J connectivity index is 1.52. The van der Waals surface area contributed by atoms with Crippen LogP contribution in [0.3, 0.4) is 0 Å². The van der Waals surface area contributed by atoms with Crippen LogP contribution in [0.1, 0.15) is 52.6 Å². The SMILES string of the molecule is CC(Oc1ccc2c(c1)C(c1ccc(C(=O)NC[C@@H](C)O)cc1)=NC2)c1c(Cl)cncc1Cl. The van der Waals surface area contributed by atoms with Gasteiger partial charge in [0.1, 0.15) is 11.9 Å². The molecule has 2 heterocycles. The predicted molar refractivity (Wildman–Crippen MR) is 130 cm³/mol. The van der Waals surface area contributed by atoms with Gasteiger partial charge in [-0.15, -0.1) is 0 Å². The maximum absolute atomic E-state index is 12.2. The monoisotopic (exact) mass is 483 g/mol. The number of halogens is 2. The zero-order chi connectivity index (χ0) is 23.5. The fraction of sp³-hybridized carbons (Fsp3) is 0.240. The van der Waals surface area contributed by atoms with Crippen LogP contribution >= 0.6 is 23.2 Å². The summed E-state index contributed by atoms with van der Waals surface area (Å²) in [6, 6.07) is 13.1. The molecule has 2 atom stereocenters. The number of hydrogen-bond donors (Lipinski definition) is 2. The van der Waals surface area contributed by atoms with Crippen molar-refractivity contribution in [3.63, 3.8) is 0 Å². The van der Waals surface area contributed by atoms with Crippen molar-refractivity contribution in [1.29, 1.82) is 0 Å². The van der Waals surface area contributed by atoms with Gasteiger partial charge in [0.05, 0.1) is 28.4 Å². The molecule has 1 aromatic heterocycles. The lowest BCUT2D eigenvalue weighted by Gasteiger charge is -2.18. The Morgan fingerprint density at radius 3 is 2.48 bits per heavy atom. The van der Waals surface area contributed by atoms with Crippen LogP contribution in [-0.2, 0) is 6.54 Å². The number of fused-ring (bicyclic) bond motifs is 1. The number of amides is 1. The smallest absolute Gasteiger partial charge is 0.251 e. The van der Waals surface area contributed by atoms with Gasteiger partial charge in [-0.2, -0.15) is 0 Å². The summed E-state index contributed by atoms with van der Waals surface area (Å²) < 4.78 is 6.14. The van der Waals surface area contributed by atoms with E-state index in [4.69, 9.17) is 32.9 Å². The summed E-state index contributed by atoms with van der Waals surface area (Å²) in [4.78, 5) is 20.9. The number of pyridine rings is 1. The number of aliphatic imine (C=N–C) groups is 1. The Morgan fingerprint density at radius 1 is 1.12 bits per heavy atom. The van der Waals surface area contributed by atoms with E-state index in [2.05, 4.69) is 10.3 Å². The number of carbonyl (C=O) groups excluding carboxylic acids is 1. The van der Waals surface area contributed by atoms with E-state index < -0.39 is 6.10 Å². The molecule has 0 bridgehead atoms. The van der Waals surface area contributed by atoms with Crippen LogP contribution in [0.2, 0.25) is 10.0 Å². The van der Waals surface area contributed by atoms with E-state index in [1.807, 2.05) is 37.3 Å². The molecule has 0 aliphatic carbocycles. The number of aliphatic hydroxyl groups is 1. The Hall–Kier alpha value is -2.93. The van der Waals surface area contributed by atoms with Crippen LogP contribution in [0.4, 0.5) is 0 Å². The first-order valence-electron chi connectivity index (χ1n) is 10.5. The molecule has 2 N–H and O–H groups in total. The number of nitrogens with zero attached hydrogens (tertiary/aromatic N) is 2. The molecule has 8 heteroatoms. The highest BCUT2D eigenvalue weighted by molar-refractivity contribution is 6.35. The van der Waals surface area contributed by atoms with Crippen LogP contribution in [0.25, 0.3) is 0 Å². The van der Waals surface area contributed by atoms with Gasteiger partial charge in [-0.1, -0.05) is 41.4 Å². The summed E-state index contributed by atoms with van der Waals surface area (Å²) in [6.07, 6.45) is 2.13. The molecule has 2 aromatic carbocycles. The molecule has 1 unspecified atom stereocenters. The molecule has 3 aromatic rings. The minimum absolute atomic E-state index is 0.206. The number of nitrogens with one attached hydrogen (secondary N) is 1. The molecule has 170 valence electrons. The molecule has 0 radical (unpaired) electrons. The summed E-state index contributed by atoms with van der Waals surface area (Å²) >= 11 is 12.5. The molecule has 0 fully saturated rings. The Kier molecular flexibility index (Phi) is 6.98. The first-order chi connectivity index (χ1) is 15.8. The van der Waals surface area contributed by atoms with E-state index >= 15 is 0 Å². The Bertz CT molecular complexity index is 1190. The first kappa shape index (κ1) is 23.2. The van der Waals surface area contributed by atoms with Crippen molar-refractivity contribution < 1.29 is 14.6 Å². The van der Waals surface area contributed by atoms with Crippen molar-refractivity contribution in [1.82, 2.24) is 10.3 Å². The summed E-state index contributed by atoms with van der Waals surface area (Å²) in [5.41, 5.74) is 5.05. The first-order valence-corrected chi connectivity index (χ1v) is 11.3. The van der Waals surface area contributed by atoms with E-state index in [0.29, 0.717) is 33.5 Å². The topological polar surface area (TPSA) is 83.8 Å². The lowest BCUT2D eigenvalue weighted by molar-refractivity contribution is 0.0924. The van der Waals surface area contributed by atoms with Crippen molar-refractivity contribution in [2.75, 3.05) is 6.54 Å². The molecular weight excluding hydrogens is 461 g/mol. The van der Waals surface area contributed by atoms with Crippen LogP contribution in [0.5, 0.6) is 5.75 Å². The fourth-order valence-corrected chi connectivity index (χ4v) is 4.35. The third kappa shape index (κ3) is 5.19. The van der Waals surface area contributed by atoms with E-state index in [1.165, 1.54) is 0 Å². The van der Waals surface area contributed by atoms with Gasteiger partial charge in [0.25, 0.3) is 5.91 Å². The number of carbonyl (C=O) groups is 1. The van der Waals surface area contributed by atoms with Crippen molar-refractivity contribution in [2.24, 2.45) is 4.99 Å². The van der Waals surface area contributed by atoms with Gasteiger partial charge in [0.15, 0.2) is 0 Å². The van der Waals surface area contributed by atoms with Crippen LogP contribution < -0.4 is 10.1 Å². The largest absolute Gasteiger partial charge is 0.486 e. The summed E-state index contributed by atoms with van der Waals surface area (Å²) in [5, 5.41) is 12.9. The molecule has 6 nitrogen and oxygen atoms in total. The van der Waals surface area contributed by atoms with E-state index in [9.17, 15) is 9.90 Å². The number of hydrogen-bond acceptors (Lipinski definition) is 5. The third-order valence-electron chi connectivity index (χ3n) is 5.33. The normalized spacial score (nSPS) is 14.3. The van der Waals surface area contributed by atoms with Crippen molar-refractivity contribution in [2.45, 2.75) is 32.6 Å². The predicted octanol–water partition coefficient (Wildman–Crippen LogP) is 4.99. The zero-order valence-electron chi connectivity index (χ0n) is 18.2. The molecule has 33 heavy (non-hydrogen) atoms. The second-order valence-corrected chi connectivity index (χ2v) is 8.71. The summed E-state index contributed by atoms with van der Waals surface area (Å²) in [7, 11) is 0. The Labute approximate surface area is 202 Å². The maximum Gasteiger partial charge on any atom is 0.251 e. The molecule has 0 saturated heterocycles. The summed E-state index contributed by atoms with van der Waals surface area (Å²) in [5.74, 6) is 0.447. The average molecular weight is 484 g/mol. The standard InChI is InChI=1S/C25H23Cl2N3O3/c1-14(31)10-30-25(32)17-5-3-16(4-6-17)24-20-9-19(8-7-18(20)11-29-24)33-15(2)23-21(26)12-28-13-22(23)27/h3-9,12-15,31H,10-11H2,1-2H3,(H,30,32)/t14-,15?/m1/s1. The van der Waals surface area contributed by atoms with Gasteiger partial charge >= 0.3 is 0 Å². The van der Waals surface area contributed by atoms with Crippen LogP contribution in [0, 0.1) is 0 Å². The van der Waals surface area contributed by atoms with Gasteiger partial charge in [-0.25, -0.2) is 0 Å². The van der Waals surface area contributed by atoms with Gasteiger partial charge in [-0.3, -0.25) is 14.8 Å². The van der Waals surface area contributed by atoms with Crippen molar-refractivity contribution in [3.05, 3.63) is 92.7 Å². The maximum atomic E-state index is 12.2. The number of aromatic nitrogens is 1. The summed E-state index contributed by atoms with van der Waals surface area (Å²) in [6.45, 7) is 4.30. The number of ether oxygens (including phenoxy) is 1. The van der Waals surface area contributed by atoms with Gasteiger partial charge in [-0.05, 0) is 43.7 Å². The third-order valence-corrected chi connectivity index (χ3v) is 5.93. The fourth-order valence-electron chi connectivity index (χ4n) is 3.68. The molecule has 0 spiro atoms. The van der Waals surface area contributed by atoms with E-state index in [1.54, 1.807) is 31.5 Å². The second kappa shape index (κ2) is 9.91. The average Bonchev–Trinajstić information content (AvgIpc) is 3.20. The van der Waals surface area contributed by atoms with E-state index in [-0.39, 0.29) is 18.6 Å². The molecular formula is C25H23Cl2N3O3. The highest BCUT2D eigenvalue weighted by atomic mass is 35.5. The molecule has 1 aliphatic heterocycles. The van der Waals surface area contributed by atoms with Crippen molar-refractivity contribution >= 4 is 34.8 Å². The lowest BCUT2D eigenvalue weighted by Crippen LogP contribution is -2.30. The second-order valence-electron chi connectivity index (χ2n) is 7.90. The van der Waals surface area contributed by atoms with Crippen molar-refractivity contribution in [3.8, 4) is 5.75 Å².